The molecule has 0 amide bonds. The Morgan fingerprint density at radius 1 is 1.00 bits per heavy atom. The van der Waals surface area contributed by atoms with E-state index >= 15 is 0 Å². The maximum atomic E-state index is 10.9. The lowest BCUT2D eigenvalue weighted by molar-refractivity contribution is 0.102. The first-order valence-corrected chi connectivity index (χ1v) is 7.71. The van der Waals surface area contributed by atoms with Crippen LogP contribution < -0.4 is 0 Å². The van der Waals surface area contributed by atoms with Crippen LogP contribution in [0.2, 0.25) is 0 Å². The van der Waals surface area contributed by atoms with Gasteiger partial charge in [-0.05, 0) is 23.1 Å². The van der Waals surface area contributed by atoms with Crippen molar-refractivity contribution in [1.29, 1.82) is 0 Å². The van der Waals surface area contributed by atoms with E-state index in [1.54, 1.807) is 0 Å². The molecule has 1 aromatic heterocycles. The van der Waals surface area contributed by atoms with Crippen molar-refractivity contribution < 1.29 is 5.11 Å². The van der Waals surface area contributed by atoms with Crippen molar-refractivity contribution >= 4 is 0 Å². The summed E-state index contributed by atoms with van der Waals surface area (Å²) in [5, 5.41) is 10.9. The molecule has 0 bridgehead atoms. The minimum absolute atomic E-state index is 0.161. The molecule has 3 nitrogen and oxygen atoms in total. The highest BCUT2D eigenvalue weighted by molar-refractivity contribution is 5.69. The average molecular weight is 288 g/mol. The lowest BCUT2D eigenvalue weighted by Gasteiger charge is -2.25. The molecule has 2 aromatic carbocycles. The fourth-order valence-corrected chi connectivity index (χ4v) is 4.20. The summed E-state index contributed by atoms with van der Waals surface area (Å²) in [6.07, 6.45) is 4.32. The van der Waals surface area contributed by atoms with Crippen molar-refractivity contribution in [3.05, 3.63) is 77.7 Å². The van der Waals surface area contributed by atoms with Gasteiger partial charge in [0, 0.05) is 11.5 Å². The summed E-state index contributed by atoms with van der Waals surface area (Å²) in [7, 11) is 0. The molecule has 0 fully saturated rings. The molecule has 2 aliphatic rings. The Labute approximate surface area is 128 Å². The first-order valence-electron chi connectivity index (χ1n) is 7.71. The van der Waals surface area contributed by atoms with Crippen molar-refractivity contribution in [3.8, 4) is 11.3 Å². The SMILES string of the molecule is O[C@@H]1c2ccccc2C[C@H]1[C@H]1c2ccccc2-c2cncn21. The van der Waals surface area contributed by atoms with Crippen LogP contribution in [0, 0.1) is 5.92 Å². The van der Waals surface area contributed by atoms with E-state index < -0.39 is 6.10 Å². The van der Waals surface area contributed by atoms with E-state index in [4.69, 9.17) is 0 Å². The van der Waals surface area contributed by atoms with E-state index in [0.29, 0.717) is 0 Å². The molecule has 0 saturated carbocycles. The second-order valence-electron chi connectivity index (χ2n) is 6.23. The van der Waals surface area contributed by atoms with E-state index in [9.17, 15) is 5.11 Å². The van der Waals surface area contributed by atoms with E-state index in [1.807, 2.05) is 18.6 Å². The van der Waals surface area contributed by atoms with Crippen LogP contribution in [0.25, 0.3) is 11.3 Å². The molecule has 0 unspecified atom stereocenters. The number of fused-ring (bicyclic) bond motifs is 4. The maximum Gasteiger partial charge on any atom is 0.0956 e. The fraction of sp³-hybridized carbons (Fsp3) is 0.211. The van der Waals surface area contributed by atoms with Crippen molar-refractivity contribution in [3.63, 3.8) is 0 Å². The molecule has 3 aromatic rings. The molecule has 0 saturated heterocycles. The number of hydrogen-bond donors (Lipinski definition) is 1. The van der Waals surface area contributed by atoms with Gasteiger partial charge in [0.25, 0.3) is 0 Å². The lowest BCUT2D eigenvalue weighted by atomic mass is 9.88. The molecular formula is C19H16N2O. The number of aliphatic hydroxyl groups is 1. The van der Waals surface area contributed by atoms with Crippen LogP contribution in [0.5, 0.6) is 0 Å². The average Bonchev–Trinajstić information content (AvgIpc) is 3.21. The first-order chi connectivity index (χ1) is 10.8. The molecular weight excluding hydrogens is 272 g/mol. The molecule has 0 spiro atoms. The minimum atomic E-state index is -0.414. The van der Waals surface area contributed by atoms with Crippen LogP contribution >= 0.6 is 0 Å². The number of imidazole rings is 1. The Hall–Kier alpha value is -2.39. The molecule has 22 heavy (non-hydrogen) atoms. The standard InChI is InChI=1S/C19H16N2O/c22-19-13-6-2-1-5-12(13)9-16(19)18-15-8-4-3-7-14(15)17-10-20-11-21(17)18/h1-8,10-11,16,18-19,22H,9H2/t16-,18+,19+/m0/s1. The Bertz CT molecular complexity index is 867. The molecule has 1 aliphatic carbocycles. The topological polar surface area (TPSA) is 38.1 Å². The van der Waals surface area contributed by atoms with Crippen LogP contribution in [0.1, 0.15) is 28.8 Å². The van der Waals surface area contributed by atoms with Crippen LogP contribution in [-0.2, 0) is 6.42 Å². The van der Waals surface area contributed by atoms with Gasteiger partial charge in [-0.15, -0.1) is 0 Å². The molecule has 1 N–H and O–H groups in total. The molecule has 2 heterocycles. The quantitative estimate of drug-likeness (QED) is 0.745. The van der Waals surface area contributed by atoms with Gasteiger partial charge >= 0.3 is 0 Å². The number of nitrogens with zero attached hydrogens (tertiary/aromatic N) is 2. The highest BCUT2D eigenvalue weighted by Crippen LogP contribution is 2.50. The van der Waals surface area contributed by atoms with E-state index in [1.165, 1.54) is 16.7 Å². The Kier molecular flexibility index (Phi) is 2.38. The molecule has 3 heteroatoms. The zero-order valence-corrected chi connectivity index (χ0v) is 12.1. The third-order valence-corrected chi connectivity index (χ3v) is 5.16. The van der Waals surface area contributed by atoms with E-state index in [-0.39, 0.29) is 12.0 Å². The van der Waals surface area contributed by atoms with Crippen LogP contribution in [0.4, 0.5) is 0 Å². The van der Waals surface area contributed by atoms with Crippen LogP contribution in [0.3, 0.4) is 0 Å². The Morgan fingerprint density at radius 2 is 1.77 bits per heavy atom. The molecule has 1 aliphatic heterocycles. The molecule has 0 radical (unpaired) electrons. The smallest absolute Gasteiger partial charge is 0.0956 e. The minimum Gasteiger partial charge on any atom is -0.388 e. The second kappa shape index (κ2) is 4.31. The Morgan fingerprint density at radius 3 is 2.64 bits per heavy atom. The fourth-order valence-electron chi connectivity index (χ4n) is 4.20. The van der Waals surface area contributed by atoms with Gasteiger partial charge in [0.2, 0.25) is 0 Å². The molecule has 5 rings (SSSR count). The highest BCUT2D eigenvalue weighted by Gasteiger charge is 2.41. The normalized spacial score (nSPS) is 24.9. The summed E-state index contributed by atoms with van der Waals surface area (Å²) in [4.78, 5) is 4.32. The third kappa shape index (κ3) is 1.46. The van der Waals surface area contributed by atoms with Crippen molar-refractivity contribution in [2.45, 2.75) is 18.6 Å². The number of hydrogen-bond acceptors (Lipinski definition) is 2. The first kappa shape index (κ1) is 12.2. The molecule has 3 atom stereocenters. The maximum absolute atomic E-state index is 10.9. The predicted molar refractivity (Wildman–Crippen MR) is 84.4 cm³/mol. The zero-order valence-electron chi connectivity index (χ0n) is 12.1. The second-order valence-corrected chi connectivity index (χ2v) is 6.23. The van der Waals surface area contributed by atoms with Crippen LogP contribution in [0.15, 0.2) is 61.1 Å². The van der Waals surface area contributed by atoms with Gasteiger partial charge in [-0.2, -0.15) is 0 Å². The summed E-state index contributed by atoms with van der Waals surface area (Å²) in [5.74, 6) is 0.161. The number of aliphatic hydroxyl groups excluding tert-OH is 1. The summed E-state index contributed by atoms with van der Waals surface area (Å²) >= 11 is 0. The number of aromatic nitrogens is 2. The summed E-state index contributed by atoms with van der Waals surface area (Å²) in [6, 6.07) is 16.9. The van der Waals surface area contributed by atoms with Gasteiger partial charge in [0.1, 0.15) is 0 Å². The monoisotopic (exact) mass is 288 g/mol. The van der Waals surface area contributed by atoms with Gasteiger partial charge in [-0.1, -0.05) is 48.5 Å². The van der Waals surface area contributed by atoms with Crippen molar-refractivity contribution in [1.82, 2.24) is 9.55 Å². The van der Waals surface area contributed by atoms with E-state index in [0.717, 1.165) is 17.7 Å². The van der Waals surface area contributed by atoms with Crippen molar-refractivity contribution in [2.24, 2.45) is 5.92 Å². The molecule has 108 valence electrons. The lowest BCUT2D eigenvalue weighted by Crippen LogP contribution is -2.21. The summed E-state index contributed by atoms with van der Waals surface area (Å²) in [5.41, 5.74) is 6.05. The Balaban J connectivity index is 1.66. The summed E-state index contributed by atoms with van der Waals surface area (Å²) in [6.45, 7) is 0. The summed E-state index contributed by atoms with van der Waals surface area (Å²) < 4.78 is 2.23. The van der Waals surface area contributed by atoms with Crippen LogP contribution in [-0.4, -0.2) is 14.7 Å². The largest absolute Gasteiger partial charge is 0.388 e. The van der Waals surface area contributed by atoms with Gasteiger partial charge < -0.3 is 9.67 Å². The predicted octanol–water partition coefficient (Wildman–Crippen LogP) is 3.36. The van der Waals surface area contributed by atoms with Gasteiger partial charge in [0.15, 0.2) is 0 Å². The van der Waals surface area contributed by atoms with Crippen molar-refractivity contribution in [2.75, 3.05) is 0 Å². The van der Waals surface area contributed by atoms with Gasteiger partial charge in [-0.25, -0.2) is 4.98 Å². The highest BCUT2D eigenvalue weighted by atomic mass is 16.3. The van der Waals surface area contributed by atoms with Gasteiger partial charge in [0.05, 0.1) is 30.4 Å². The van der Waals surface area contributed by atoms with E-state index in [2.05, 4.69) is 52.0 Å². The van der Waals surface area contributed by atoms with Gasteiger partial charge in [-0.3, -0.25) is 0 Å². The number of rotatable bonds is 1. The number of benzene rings is 2. The third-order valence-electron chi connectivity index (χ3n) is 5.16. The zero-order chi connectivity index (χ0) is 14.7.